The number of nitrogens with one attached hydrogen (secondary N) is 1. The van der Waals surface area contributed by atoms with E-state index >= 15 is 0 Å². The van der Waals surface area contributed by atoms with Crippen LogP contribution in [0.2, 0.25) is 0 Å². The SMILES string of the molecule is CN=C(N)SCCc1cnc[nH]1. The van der Waals surface area contributed by atoms with E-state index in [1.54, 1.807) is 25.1 Å². The number of nitrogens with zero attached hydrogens (tertiary/aromatic N) is 2. The summed E-state index contributed by atoms with van der Waals surface area (Å²) in [6.07, 6.45) is 4.44. The number of thioether (sulfide) groups is 1. The molecule has 12 heavy (non-hydrogen) atoms. The van der Waals surface area contributed by atoms with E-state index in [2.05, 4.69) is 15.0 Å². The number of rotatable bonds is 3. The molecule has 0 aliphatic rings. The van der Waals surface area contributed by atoms with E-state index in [4.69, 9.17) is 5.73 Å². The largest absolute Gasteiger partial charge is 0.379 e. The average molecular weight is 184 g/mol. The third-order valence-corrected chi connectivity index (χ3v) is 2.28. The first-order valence-electron chi connectivity index (χ1n) is 3.65. The van der Waals surface area contributed by atoms with E-state index in [1.165, 1.54) is 0 Å². The fourth-order valence-electron chi connectivity index (χ4n) is 0.752. The second kappa shape index (κ2) is 4.82. The summed E-state index contributed by atoms with van der Waals surface area (Å²) in [5.74, 6) is 0.936. The first-order valence-corrected chi connectivity index (χ1v) is 4.64. The van der Waals surface area contributed by atoms with Crippen LogP contribution >= 0.6 is 11.8 Å². The minimum atomic E-state index is 0.634. The first kappa shape index (κ1) is 9.12. The van der Waals surface area contributed by atoms with E-state index in [-0.39, 0.29) is 0 Å². The zero-order valence-electron chi connectivity index (χ0n) is 6.95. The molecule has 5 heteroatoms. The topological polar surface area (TPSA) is 67.1 Å². The maximum absolute atomic E-state index is 5.50. The third-order valence-electron chi connectivity index (χ3n) is 1.40. The lowest BCUT2D eigenvalue weighted by Crippen LogP contribution is -2.07. The van der Waals surface area contributed by atoms with Crippen LogP contribution in [0.4, 0.5) is 0 Å². The van der Waals surface area contributed by atoms with Crippen LogP contribution < -0.4 is 5.73 Å². The highest BCUT2D eigenvalue weighted by Gasteiger charge is 1.95. The predicted molar refractivity (Wildman–Crippen MR) is 52.3 cm³/mol. The monoisotopic (exact) mass is 184 g/mol. The molecule has 0 aliphatic heterocycles. The molecule has 1 aromatic heterocycles. The fourth-order valence-corrected chi connectivity index (χ4v) is 1.41. The van der Waals surface area contributed by atoms with Crippen molar-refractivity contribution in [2.24, 2.45) is 10.7 Å². The molecule has 4 nitrogen and oxygen atoms in total. The number of aliphatic imine (C=N–C) groups is 1. The number of nitrogens with two attached hydrogens (primary N) is 1. The Hall–Kier alpha value is -0.970. The summed E-state index contributed by atoms with van der Waals surface area (Å²) in [4.78, 5) is 10.8. The number of hydrogen-bond donors (Lipinski definition) is 2. The second-order valence-electron chi connectivity index (χ2n) is 2.24. The standard InChI is InChI=1S/C7H12N4S/c1-9-7(8)12-3-2-6-4-10-5-11-6/h4-5H,2-3H2,1H3,(H2,8,9)(H,10,11). The highest BCUT2D eigenvalue weighted by atomic mass is 32.2. The predicted octanol–water partition coefficient (Wildman–Crippen LogP) is 0.630. The van der Waals surface area contributed by atoms with Gasteiger partial charge in [-0.2, -0.15) is 0 Å². The molecule has 0 atom stereocenters. The maximum atomic E-state index is 5.50. The van der Waals surface area contributed by atoms with Crippen molar-refractivity contribution in [1.29, 1.82) is 0 Å². The van der Waals surface area contributed by atoms with Crippen molar-refractivity contribution in [3.63, 3.8) is 0 Å². The molecule has 0 spiro atoms. The molecule has 0 fully saturated rings. The Balaban J connectivity index is 2.19. The van der Waals surface area contributed by atoms with Gasteiger partial charge in [0.1, 0.15) is 0 Å². The van der Waals surface area contributed by atoms with E-state index in [0.717, 1.165) is 17.9 Å². The lowest BCUT2D eigenvalue weighted by atomic mass is 10.4. The molecule has 0 aromatic carbocycles. The molecule has 1 heterocycles. The molecule has 0 bridgehead atoms. The minimum Gasteiger partial charge on any atom is -0.379 e. The van der Waals surface area contributed by atoms with Crippen LogP contribution in [0.15, 0.2) is 17.5 Å². The normalized spacial score (nSPS) is 11.9. The van der Waals surface area contributed by atoms with E-state index in [9.17, 15) is 0 Å². The van der Waals surface area contributed by atoms with Gasteiger partial charge in [-0.15, -0.1) is 0 Å². The molecule has 0 saturated carbocycles. The van der Waals surface area contributed by atoms with Crippen molar-refractivity contribution in [3.05, 3.63) is 18.2 Å². The van der Waals surface area contributed by atoms with Gasteiger partial charge >= 0.3 is 0 Å². The Labute approximate surface area is 75.7 Å². The zero-order valence-corrected chi connectivity index (χ0v) is 7.77. The number of aromatic nitrogens is 2. The summed E-state index contributed by atoms with van der Waals surface area (Å²) in [5, 5.41) is 0.634. The fraction of sp³-hybridized carbons (Fsp3) is 0.429. The number of hydrogen-bond acceptors (Lipinski definition) is 3. The Bertz CT molecular complexity index is 242. The number of H-pyrrole nitrogens is 1. The Kier molecular flexibility index (Phi) is 3.66. The lowest BCUT2D eigenvalue weighted by molar-refractivity contribution is 1.08. The molecule has 1 rings (SSSR count). The second-order valence-corrected chi connectivity index (χ2v) is 3.35. The first-order chi connectivity index (χ1) is 5.83. The van der Waals surface area contributed by atoms with Gasteiger partial charge in [-0.3, -0.25) is 4.99 Å². The number of imidazole rings is 1. The van der Waals surface area contributed by atoms with Crippen LogP contribution in [0.25, 0.3) is 0 Å². The van der Waals surface area contributed by atoms with Gasteiger partial charge in [0.15, 0.2) is 5.17 Å². The Morgan fingerprint density at radius 2 is 2.67 bits per heavy atom. The molecule has 0 amide bonds. The summed E-state index contributed by atoms with van der Waals surface area (Å²) in [7, 11) is 1.69. The summed E-state index contributed by atoms with van der Waals surface area (Å²) < 4.78 is 0. The van der Waals surface area contributed by atoms with Crippen LogP contribution in [-0.4, -0.2) is 27.9 Å². The van der Waals surface area contributed by atoms with Gasteiger partial charge in [0, 0.05) is 24.7 Å². The number of amidine groups is 1. The van der Waals surface area contributed by atoms with Crippen molar-refractivity contribution in [3.8, 4) is 0 Å². The maximum Gasteiger partial charge on any atom is 0.153 e. The molecular formula is C7H12N4S. The van der Waals surface area contributed by atoms with Crippen molar-refractivity contribution in [2.75, 3.05) is 12.8 Å². The smallest absolute Gasteiger partial charge is 0.153 e. The van der Waals surface area contributed by atoms with Gasteiger partial charge in [0.25, 0.3) is 0 Å². The molecule has 0 radical (unpaired) electrons. The zero-order chi connectivity index (χ0) is 8.81. The molecular weight excluding hydrogens is 172 g/mol. The van der Waals surface area contributed by atoms with Crippen LogP contribution in [0.5, 0.6) is 0 Å². The molecule has 0 unspecified atom stereocenters. The van der Waals surface area contributed by atoms with Gasteiger partial charge in [-0.05, 0) is 6.42 Å². The van der Waals surface area contributed by atoms with Gasteiger partial charge in [0.05, 0.1) is 6.33 Å². The van der Waals surface area contributed by atoms with Crippen molar-refractivity contribution in [2.45, 2.75) is 6.42 Å². The Morgan fingerprint density at radius 3 is 3.25 bits per heavy atom. The van der Waals surface area contributed by atoms with Crippen LogP contribution in [0.3, 0.4) is 0 Å². The van der Waals surface area contributed by atoms with Crippen LogP contribution in [-0.2, 0) is 6.42 Å². The van der Waals surface area contributed by atoms with Crippen LogP contribution in [0, 0.1) is 0 Å². The van der Waals surface area contributed by atoms with E-state index in [1.807, 2.05) is 6.20 Å². The lowest BCUT2D eigenvalue weighted by Gasteiger charge is -1.97. The third kappa shape index (κ3) is 2.96. The highest BCUT2D eigenvalue weighted by molar-refractivity contribution is 8.13. The number of aryl methyl sites for hydroxylation is 1. The summed E-state index contributed by atoms with van der Waals surface area (Å²) in [5.41, 5.74) is 6.63. The summed E-state index contributed by atoms with van der Waals surface area (Å²) >= 11 is 1.55. The van der Waals surface area contributed by atoms with E-state index < -0.39 is 0 Å². The molecule has 1 aromatic rings. The quantitative estimate of drug-likeness (QED) is 0.535. The average Bonchev–Trinajstić information content (AvgIpc) is 2.57. The molecule has 66 valence electrons. The summed E-state index contributed by atoms with van der Waals surface area (Å²) in [6.45, 7) is 0. The molecule has 3 N–H and O–H groups in total. The van der Waals surface area contributed by atoms with Gasteiger partial charge < -0.3 is 10.7 Å². The van der Waals surface area contributed by atoms with Gasteiger partial charge in [-0.25, -0.2) is 4.98 Å². The Morgan fingerprint density at radius 1 is 1.83 bits per heavy atom. The van der Waals surface area contributed by atoms with Crippen molar-refractivity contribution < 1.29 is 0 Å². The van der Waals surface area contributed by atoms with Crippen molar-refractivity contribution >= 4 is 16.9 Å². The van der Waals surface area contributed by atoms with Crippen LogP contribution in [0.1, 0.15) is 5.69 Å². The van der Waals surface area contributed by atoms with E-state index in [0.29, 0.717) is 5.17 Å². The molecule has 0 saturated heterocycles. The highest BCUT2D eigenvalue weighted by Crippen LogP contribution is 2.03. The minimum absolute atomic E-state index is 0.634. The number of aromatic amines is 1. The van der Waals surface area contributed by atoms with Gasteiger partial charge in [0.2, 0.25) is 0 Å². The summed E-state index contributed by atoms with van der Waals surface area (Å²) in [6, 6.07) is 0. The molecule has 0 aliphatic carbocycles. The van der Waals surface area contributed by atoms with Gasteiger partial charge in [-0.1, -0.05) is 11.8 Å². The van der Waals surface area contributed by atoms with Crippen molar-refractivity contribution in [1.82, 2.24) is 9.97 Å².